The molecular formula is C13H21N3O3. The molecule has 6 nitrogen and oxygen atoms in total. The van der Waals surface area contributed by atoms with Crippen LogP contribution in [0.3, 0.4) is 0 Å². The van der Waals surface area contributed by atoms with Crippen LogP contribution in [0.2, 0.25) is 0 Å². The van der Waals surface area contributed by atoms with Crippen molar-refractivity contribution in [3.8, 4) is 0 Å². The van der Waals surface area contributed by atoms with Crippen LogP contribution in [0.5, 0.6) is 0 Å². The molecule has 0 spiro atoms. The number of amides is 1. The zero-order valence-corrected chi connectivity index (χ0v) is 11.6. The van der Waals surface area contributed by atoms with Crippen molar-refractivity contribution in [1.82, 2.24) is 15.1 Å². The monoisotopic (exact) mass is 267 g/mol. The average Bonchev–Trinajstić information content (AvgIpc) is 2.91. The van der Waals surface area contributed by atoms with Crippen LogP contribution in [0.25, 0.3) is 0 Å². The Bertz CT molecular complexity index is 472. The average molecular weight is 267 g/mol. The number of carbonyl (C=O) groups excluding carboxylic acids is 1. The van der Waals surface area contributed by atoms with Gasteiger partial charge in [0, 0.05) is 26.6 Å². The second-order valence-corrected chi connectivity index (χ2v) is 5.05. The molecule has 1 aliphatic rings. The minimum atomic E-state index is -0.970. The predicted octanol–water partition coefficient (Wildman–Crippen LogP) is 0.252. The molecule has 0 bridgehead atoms. The van der Waals surface area contributed by atoms with Crippen LogP contribution in [0.4, 0.5) is 0 Å². The summed E-state index contributed by atoms with van der Waals surface area (Å²) in [6.07, 6.45) is 1.07. The number of nitrogens with zero attached hydrogens (tertiary/aromatic N) is 2. The smallest absolute Gasteiger partial charge is 0.269 e. The SMILES string of the molecule is CCc1cc(C(=O)NCC2(O)CCOC2C)n(C)n1. The fourth-order valence-electron chi connectivity index (χ4n) is 2.24. The first kappa shape index (κ1) is 14.0. The second kappa shape index (κ2) is 5.30. The molecule has 0 saturated carbocycles. The van der Waals surface area contributed by atoms with Gasteiger partial charge in [-0.3, -0.25) is 9.48 Å². The molecular weight excluding hydrogens is 246 g/mol. The maximum Gasteiger partial charge on any atom is 0.269 e. The lowest BCUT2D eigenvalue weighted by Crippen LogP contribution is -2.47. The Balaban J connectivity index is 1.99. The largest absolute Gasteiger partial charge is 0.385 e. The van der Waals surface area contributed by atoms with E-state index >= 15 is 0 Å². The molecule has 2 rings (SSSR count). The van der Waals surface area contributed by atoms with Crippen LogP contribution in [0.15, 0.2) is 6.07 Å². The number of carbonyl (C=O) groups is 1. The van der Waals surface area contributed by atoms with Crippen molar-refractivity contribution in [2.75, 3.05) is 13.2 Å². The summed E-state index contributed by atoms with van der Waals surface area (Å²) in [7, 11) is 1.74. The maximum atomic E-state index is 12.1. The van der Waals surface area contributed by atoms with Crippen LogP contribution < -0.4 is 5.32 Å². The summed E-state index contributed by atoms with van der Waals surface area (Å²) in [5.74, 6) is -0.220. The molecule has 19 heavy (non-hydrogen) atoms. The number of aromatic nitrogens is 2. The van der Waals surface area contributed by atoms with Gasteiger partial charge in [0.2, 0.25) is 0 Å². The molecule has 1 fully saturated rings. The van der Waals surface area contributed by atoms with Crippen molar-refractivity contribution in [2.24, 2.45) is 7.05 Å². The molecule has 2 N–H and O–H groups in total. The molecule has 2 heterocycles. The van der Waals surface area contributed by atoms with E-state index in [1.165, 1.54) is 0 Å². The van der Waals surface area contributed by atoms with Crippen LogP contribution in [-0.4, -0.2) is 45.7 Å². The van der Waals surface area contributed by atoms with Gasteiger partial charge in [-0.2, -0.15) is 5.10 Å². The maximum absolute atomic E-state index is 12.1. The number of hydrogen-bond donors (Lipinski definition) is 2. The topological polar surface area (TPSA) is 76.4 Å². The van der Waals surface area contributed by atoms with E-state index in [-0.39, 0.29) is 18.6 Å². The highest BCUT2D eigenvalue weighted by Crippen LogP contribution is 2.24. The highest BCUT2D eigenvalue weighted by molar-refractivity contribution is 5.92. The Kier molecular flexibility index (Phi) is 3.91. The molecule has 106 valence electrons. The first-order chi connectivity index (χ1) is 8.96. The number of ether oxygens (including phenoxy) is 1. The number of nitrogens with one attached hydrogen (secondary N) is 1. The third kappa shape index (κ3) is 2.79. The standard InChI is InChI=1S/C13H21N3O3/c1-4-10-7-11(16(3)15-10)12(17)14-8-13(18)5-6-19-9(13)2/h7,9,18H,4-6,8H2,1-3H3,(H,14,17). The Hall–Kier alpha value is -1.40. The van der Waals surface area contributed by atoms with Gasteiger partial charge in [0.1, 0.15) is 11.3 Å². The van der Waals surface area contributed by atoms with Crippen molar-refractivity contribution in [1.29, 1.82) is 0 Å². The number of aryl methyl sites for hydroxylation is 2. The molecule has 1 aromatic rings. The molecule has 0 radical (unpaired) electrons. The van der Waals surface area contributed by atoms with E-state index < -0.39 is 5.60 Å². The highest BCUT2D eigenvalue weighted by Gasteiger charge is 2.39. The van der Waals surface area contributed by atoms with Gasteiger partial charge in [-0.1, -0.05) is 6.92 Å². The first-order valence-electron chi connectivity index (χ1n) is 6.61. The van der Waals surface area contributed by atoms with Gasteiger partial charge in [-0.05, 0) is 19.4 Å². The van der Waals surface area contributed by atoms with Crippen LogP contribution in [0, 0.1) is 0 Å². The van der Waals surface area contributed by atoms with Gasteiger partial charge in [-0.25, -0.2) is 0 Å². The predicted molar refractivity (Wildman–Crippen MR) is 69.9 cm³/mol. The summed E-state index contributed by atoms with van der Waals surface area (Å²) in [5.41, 5.74) is 0.415. The van der Waals surface area contributed by atoms with E-state index in [1.807, 2.05) is 13.8 Å². The van der Waals surface area contributed by atoms with Gasteiger partial charge < -0.3 is 15.2 Å². The van der Waals surface area contributed by atoms with Gasteiger partial charge in [0.25, 0.3) is 5.91 Å². The molecule has 0 aliphatic carbocycles. The lowest BCUT2D eigenvalue weighted by atomic mass is 9.97. The lowest BCUT2D eigenvalue weighted by molar-refractivity contribution is -0.0252. The van der Waals surface area contributed by atoms with Gasteiger partial charge in [-0.15, -0.1) is 0 Å². The Morgan fingerprint density at radius 3 is 3.00 bits per heavy atom. The summed E-state index contributed by atoms with van der Waals surface area (Å²) < 4.78 is 6.90. The van der Waals surface area contributed by atoms with E-state index in [4.69, 9.17) is 4.74 Å². The third-order valence-electron chi connectivity index (χ3n) is 3.74. The van der Waals surface area contributed by atoms with Crippen LogP contribution in [0.1, 0.15) is 36.5 Å². The van der Waals surface area contributed by atoms with Crippen molar-refractivity contribution in [2.45, 2.75) is 38.4 Å². The van der Waals surface area contributed by atoms with E-state index in [0.717, 1.165) is 12.1 Å². The Morgan fingerprint density at radius 2 is 2.47 bits per heavy atom. The van der Waals surface area contributed by atoms with Crippen molar-refractivity contribution in [3.63, 3.8) is 0 Å². The van der Waals surface area contributed by atoms with Crippen molar-refractivity contribution in [3.05, 3.63) is 17.5 Å². The minimum Gasteiger partial charge on any atom is -0.385 e. The van der Waals surface area contributed by atoms with E-state index in [9.17, 15) is 9.90 Å². The van der Waals surface area contributed by atoms with Crippen molar-refractivity contribution >= 4 is 5.91 Å². The zero-order chi connectivity index (χ0) is 14.0. The molecule has 1 amide bonds. The van der Waals surface area contributed by atoms with Crippen LogP contribution >= 0.6 is 0 Å². The molecule has 1 aliphatic heterocycles. The quantitative estimate of drug-likeness (QED) is 0.820. The molecule has 2 unspecified atom stereocenters. The number of aliphatic hydroxyl groups is 1. The minimum absolute atomic E-state index is 0.194. The summed E-state index contributed by atoms with van der Waals surface area (Å²) in [6.45, 7) is 4.53. The second-order valence-electron chi connectivity index (χ2n) is 5.05. The van der Waals surface area contributed by atoms with Crippen LogP contribution in [-0.2, 0) is 18.2 Å². The molecule has 0 aromatic carbocycles. The molecule has 2 atom stereocenters. The third-order valence-corrected chi connectivity index (χ3v) is 3.74. The fraction of sp³-hybridized carbons (Fsp3) is 0.692. The molecule has 1 aromatic heterocycles. The molecule has 1 saturated heterocycles. The number of hydrogen-bond acceptors (Lipinski definition) is 4. The summed E-state index contributed by atoms with van der Waals surface area (Å²) in [4.78, 5) is 12.1. The zero-order valence-electron chi connectivity index (χ0n) is 11.6. The highest BCUT2D eigenvalue weighted by atomic mass is 16.5. The van der Waals surface area contributed by atoms with Gasteiger partial charge in [0.15, 0.2) is 0 Å². The first-order valence-corrected chi connectivity index (χ1v) is 6.61. The van der Waals surface area contributed by atoms with Gasteiger partial charge >= 0.3 is 0 Å². The summed E-state index contributed by atoms with van der Waals surface area (Å²) in [5, 5.41) is 17.3. The molecule has 6 heteroatoms. The van der Waals surface area contributed by atoms with E-state index in [0.29, 0.717) is 18.7 Å². The Labute approximate surface area is 112 Å². The Morgan fingerprint density at radius 1 is 1.74 bits per heavy atom. The normalized spacial score (nSPS) is 26.6. The lowest BCUT2D eigenvalue weighted by Gasteiger charge is -2.26. The number of rotatable bonds is 4. The van der Waals surface area contributed by atoms with E-state index in [2.05, 4.69) is 10.4 Å². The summed E-state index contributed by atoms with van der Waals surface area (Å²) >= 11 is 0. The van der Waals surface area contributed by atoms with Gasteiger partial charge in [0.05, 0.1) is 11.8 Å². The summed E-state index contributed by atoms with van der Waals surface area (Å²) in [6, 6.07) is 1.77. The fourth-order valence-corrected chi connectivity index (χ4v) is 2.24. The van der Waals surface area contributed by atoms with E-state index in [1.54, 1.807) is 17.8 Å². The van der Waals surface area contributed by atoms with Crippen molar-refractivity contribution < 1.29 is 14.6 Å².